The topological polar surface area (TPSA) is 57.8 Å². The zero-order valence-electron chi connectivity index (χ0n) is 11.6. The fourth-order valence-corrected chi connectivity index (χ4v) is 2.61. The van der Waals surface area contributed by atoms with E-state index in [0.717, 1.165) is 22.7 Å². The fourth-order valence-electron chi connectivity index (χ4n) is 1.74. The molecule has 0 atom stereocenters. The van der Waals surface area contributed by atoms with Gasteiger partial charge in [-0.25, -0.2) is 4.98 Å². The molecule has 0 bridgehead atoms. The molecule has 0 saturated heterocycles. The number of aromatic nitrogens is 2. The average Bonchev–Trinajstić information content (AvgIpc) is 3.08. The van der Waals surface area contributed by atoms with E-state index < -0.39 is 5.41 Å². The van der Waals surface area contributed by atoms with Crippen molar-refractivity contribution in [3.8, 4) is 10.6 Å². The summed E-state index contributed by atoms with van der Waals surface area (Å²) in [5.41, 5.74) is 1.47. The average molecular weight is 312 g/mol. The van der Waals surface area contributed by atoms with Crippen LogP contribution in [0.15, 0.2) is 23.8 Å². The van der Waals surface area contributed by atoms with Gasteiger partial charge in [-0.3, -0.25) is 4.79 Å². The van der Waals surface area contributed by atoms with Crippen LogP contribution >= 0.6 is 22.9 Å². The maximum Gasteiger partial charge on any atom is 0.226 e. The molecule has 0 spiro atoms. The van der Waals surface area contributed by atoms with Crippen LogP contribution in [0, 0.1) is 5.41 Å². The number of carbonyl (C=O) groups is 1. The van der Waals surface area contributed by atoms with Crippen LogP contribution in [0.4, 0.5) is 0 Å². The SMILES string of the molecule is CC(C)(CCl)C(=O)NCCc1[nH]cnc1-c1cccs1. The van der Waals surface area contributed by atoms with Gasteiger partial charge in [0, 0.05) is 24.5 Å². The van der Waals surface area contributed by atoms with Gasteiger partial charge in [-0.05, 0) is 25.3 Å². The Hall–Kier alpha value is -1.33. The normalized spacial score (nSPS) is 11.6. The molecular weight excluding hydrogens is 294 g/mol. The maximum atomic E-state index is 11.9. The lowest BCUT2D eigenvalue weighted by Crippen LogP contribution is -2.39. The number of halogens is 1. The van der Waals surface area contributed by atoms with Gasteiger partial charge in [0.1, 0.15) is 5.69 Å². The van der Waals surface area contributed by atoms with Gasteiger partial charge in [-0.2, -0.15) is 0 Å². The number of thiophene rings is 1. The first-order chi connectivity index (χ1) is 9.54. The second-order valence-electron chi connectivity index (χ2n) is 5.23. The van der Waals surface area contributed by atoms with Gasteiger partial charge in [0.25, 0.3) is 0 Å². The van der Waals surface area contributed by atoms with E-state index in [-0.39, 0.29) is 5.91 Å². The van der Waals surface area contributed by atoms with Gasteiger partial charge in [0.05, 0.1) is 16.6 Å². The molecule has 0 aliphatic carbocycles. The number of alkyl halides is 1. The number of rotatable bonds is 6. The van der Waals surface area contributed by atoms with Crippen LogP contribution in [0.2, 0.25) is 0 Å². The summed E-state index contributed by atoms with van der Waals surface area (Å²) in [5.74, 6) is 0.285. The quantitative estimate of drug-likeness (QED) is 0.806. The van der Waals surface area contributed by atoms with Crippen LogP contribution in [-0.4, -0.2) is 28.3 Å². The molecule has 0 radical (unpaired) electrons. The van der Waals surface area contributed by atoms with Crippen molar-refractivity contribution in [1.82, 2.24) is 15.3 Å². The van der Waals surface area contributed by atoms with Gasteiger partial charge in [0.15, 0.2) is 0 Å². The summed E-state index contributed by atoms with van der Waals surface area (Å²) < 4.78 is 0. The van der Waals surface area contributed by atoms with Crippen molar-refractivity contribution in [2.24, 2.45) is 5.41 Å². The number of amides is 1. The monoisotopic (exact) mass is 311 g/mol. The molecule has 2 aromatic rings. The highest BCUT2D eigenvalue weighted by atomic mass is 35.5. The molecule has 108 valence electrons. The molecule has 2 rings (SSSR count). The molecule has 2 heterocycles. The molecule has 1 amide bonds. The van der Waals surface area contributed by atoms with Crippen molar-refractivity contribution in [2.45, 2.75) is 20.3 Å². The predicted octanol–water partition coefficient (Wildman–Crippen LogP) is 3.06. The van der Waals surface area contributed by atoms with E-state index in [2.05, 4.69) is 15.3 Å². The Morgan fingerprint density at radius 3 is 3.00 bits per heavy atom. The second-order valence-corrected chi connectivity index (χ2v) is 6.45. The van der Waals surface area contributed by atoms with Crippen molar-refractivity contribution < 1.29 is 4.79 Å². The molecule has 20 heavy (non-hydrogen) atoms. The number of nitrogens with one attached hydrogen (secondary N) is 2. The third-order valence-electron chi connectivity index (χ3n) is 3.08. The third kappa shape index (κ3) is 3.41. The lowest BCUT2D eigenvalue weighted by Gasteiger charge is -2.20. The first kappa shape index (κ1) is 15.1. The minimum atomic E-state index is -0.536. The molecule has 4 nitrogen and oxygen atoms in total. The zero-order chi connectivity index (χ0) is 14.6. The largest absolute Gasteiger partial charge is 0.355 e. The van der Waals surface area contributed by atoms with Crippen LogP contribution in [0.3, 0.4) is 0 Å². The van der Waals surface area contributed by atoms with E-state index in [4.69, 9.17) is 11.6 Å². The minimum Gasteiger partial charge on any atom is -0.355 e. The van der Waals surface area contributed by atoms with Crippen molar-refractivity contribution in [3.63, 3.8) is 0 Å². The number of H-pyrrole nitrogens is 1. The van der Waals surface area contributed by atoms with Crippen molar-refractivity contribution in [1.29, 1.82) is 0 Å². The van der Waals surface area contributed by atoms with Crippen LogP contribution in [0.1, 0.15) is 19.5 Å². The smallest absolute Gasteiger partial charge is 0.226 e. The van der Waals surface area contributed by atoms with Gasteiger partial charge >= 0.3 is 0 Å². The molecule has 0 fully saturated rings. The third-order valence-corrected chi connectivity index (χ3v) is 4.63. The standard InChI is InChI=1S/C14H18ClN3OS/c1-14(2,8-15)13(19)16-6-5-10-12(18-9-17-10)11-4-3-7-20-11/h3-4,7,9H,5-6,8H2,1-2H3,(H,16,19)(H,17,18). The Morgan fingerprint density at radius 1 is 1.55 bits per heavy atom. The Kier molecular flexibility index (Phi) is 4.83. The highest BCUT2D eigenvalue weighted by molar-refractivity contribution is 7.13. The van der Waals surface area contributed by atoms with E-state index in [9.17, 15) is 4.79 Å². The molecule has 0 aromatic carbocycles. The number of nitrogens with zero attached hydrogens (tertiary/aromatic N) is 1. The Labute approximate surface area is 127 Å². The lowest BCUT2D eigenvalue weighted by molar-refractivity contribution is -0.128. The maximum absolute atomic E-state index is 11.9. The molecule has 6 heteroatoms. The second kappa shape index (κ2) is 6.41. The van der Waals surface area contributed by atoms with Gasteiger partial charge in [-0.15, -0.1) is 22.9 Å². The summed E-state index contributed by atoms with van der Waals surface area (Å²) in [6.45, 7) is 4.24. The first-order valence-electron chi connectivity index (χ1n) is 6.45. The first-order valence-corrected chi connectivity index (χ1v) is 7.86. The number of carbonyl (C=O) groups excluding carboxylic acids is 1. The highest BCUT2D eigenvalue weighted by Crippen LogP contribution is 2.25. The fraction of sp³-hybridized carbons (Fsp3) is 0.429. The molecule has 2 N–H and O–H groups in total. The molecule has 0 saturated carbocycles. The van der Waals surface area contributed by atoms with Gasteiger partial charge in [0.2, 0.25) is 5.91 Å². The summed E-state index contributed by atoms with van der Waals surface area (Å²) >= 11 is 7.44. The molecule has 0 unspecified atom stereocenters. The van der Waals surface area contributed by atoms with E-state index >= 15 is 0 Å². The van der Waals surface area contributed by atoms with Crippen LogP contribution in [-0.2, 0) is 11.2 Å². The van der Waals surface area contributed by atoms with E-state index in [1.807, 2.05) is 31.4 Å². The summed E-state index contributed by atoms with van der Waals surface area (Å²) in [6, 6.07) is 4.04. The number of aromatic amines is 1. The van der Waals surface area contributed by atoms with Crippen LogP contribution in [0.5, 0.6) is 0 Å². The summed E-state index contributed by atoms with van der Waals surface area (Å²) in [5, 5.41) is 4.94. The lowest BCUT2D eigenvalue weighted by atomic mass is 9.95. The molecular formula is C14H18ClN3OS. The Morgan fingerprint density at radius 2 is 2.35 bits per heavy atom. The molecule has 2 aromatic heterocycles. The number of hydrogen-bond acceptors (Lipinski definition) is 3. The molecule has 0 aliphatic heterocycles. The van der Waals surface area contributed by atoms with E-state index in [1.54, 1.807) is 17.7 Å². The van der Waals surface area contributed by atoms with Gasteiger partial charge in [-0.1, -0.05) is 6.07 Å². The number of imidazole rings is 1. The highest BCUT2D eigenvalue weighted by Gasteiger charge is 2.25. The Bertz CT molecular complexity index is 563. The Balaban J connectivity index is 1.93. The van der Waals surface area contributed by atoms with Crippen molar-refractivity contribution >= 4 is 28.8 Å². The minimum absolute atomic E-state index is 0.0234. The summed E-state index contributed by atoms with van der Waals surface area (Å²) in [7, 11) is 0. The van der Waals surface area contributed by atoms with E-state index in [0.29, 0.717) is 12.4 Å². The number of hydrogen-bond donors (Lipinski definition) is 2. The van der Waals surface area contributed by atoms with Crippen molar-refractivity contribution in [3.05, 3.63) is 29.5 Å². The van der Waals surface area contributed by atoms with E-state index in [1.165, 1.54) is 0 Å². The van der Waals surface area contributed by atoms with Gasteiger partial charge < -0.3 is 10.3 Å². The summed E-state index contributed by atoms with van der Waals surface area (Å²) in [4.78, 5) is 20.5. The molecule has 0 aliphatic rings. The summed E-state index contributed by atoms with van der Waals surface area (Å²) in [6.07, 6.45) is 2.41. The predicted molar refractivity (Wildman–Crippen MR) is 83.1 cm³/mol. The van der Waals surface area contributed by atoms with Crippen molar-refractivity contribution in [2.75, 3.05) is 12.4 Å². The van der Waals surface area contributed by atoms with Crippen LogP contribution < -0.4 is 5.32 Å². The zero-order valence-corrected chi connectivity index (χ0v) is 13.1. The van der Waals surface area contributed by atoms with Crippen LogP contribution in [0.25, 0.3) is 10.6 Å².